The Morgan fingerprint density at radius 2 is 2.11 bits per heavy atom. The predicted octanol–water partition coefficient (Wildman–Crippen LogP) is 3.40. The van der Waals surface area contributed by atoms with Crippen molar-refractivity contribution in [2.75, 3.05) is 23.3 Å². The van der Waals surface area contributed by atoms with Gasteiger partial charge in [0.05, 0.1) is 11.6 Å². The molecule has 3 heterocycles. The lowest BCUT2D eigenvalue weighted by Gasteiger charge is -2.33. The highest BCUT2D eigenvalue weighted by Gasteiger charge is 2.28. The number of anilines is 2. The zero-order chi connectivity index (χ0) is 19.0. The number of fused-ring (bicyclic) bond motifs is 1. The molecule has 7 nitrogen and oxygen atoms in total. The second-order valence-electron chi connectivity index (χ2n) is 7.24. The monoisotopic (exact) mass is 365 g/mol. The molecule has 0 spiro atoms. The summed E-state index contributed by atoms with van der Waals surface area (Å²) in [5.41, 5.74) is 4.39. The molecular weight excluding hydrogens is 342 g/mol. The molecule has 0 aliphatic carbocycles. The van der Waals surface area contributed by atoms with Gasteiger partial charge in [0.1, 0.15) is 17.5 Å². The minimum absolute atomic E-state index is 0.0546. The summed E-state index contributed by atoms with van der Waals surface area (Å²) in [4.78, 5) is 23.6. The van der Waals surface area contributed by atoms with Gasteiger partial charge in [0, 0.05) is 18.8 Å². The van der Waals surface area contributed by atoms with Crippen molar-refractivity contribution >= 4 is 28.5 Å². The zero-order valence-corrected chi connectivity index (χ0v) is 15.8. The summed E-state index contributed by atoms with van der Waals surface area (Å²) in [5.74, 6) is 0.756. The van der Waals surface area contributed by atoms with Crippen molar-refractivity contribution in [3.63, 3.8) is 0 Å². The average Bonchev–Trinajstić information content (AvgIpc) is 3.05. The number of nitrogens with zero attached hydrogens (tertiary/aromatic N) is 4. The number of rotatable bonds is 3. The number of piperidine rings is 1. The molecule has 1 N–H and O–H groups in total. The van der Waals surface area contributed by atoms with Crippen LogP contribution < -0.4 is 10.2 Å². The smallest absolute Gasteiger partial charge is 0.263 e. The van der Waals surface area contributed by atoms with Crippen LogP contribution in [0.3, 0.4) is 0 Å². The normalized spacial score (nSPS) is 17.3. The Morgan fingerprint density at radius 1 is 1.26 bits per heavy atom. The maximum Gasteiger partial charge on any atom is 0.263 e. The molecule has 1 amide bonds. The van der Waals surface area contributed by atoms with E-state index in [4.69, 9.17) is 4.52 Å². The fourth-order valence-corrected chi connectivity index (χ4v) is 3.72. The van der Waals surface area contributed by atoms with Crippen molar-refractivity contribution in [1.82, 2.24) is 15.1 Å². The van der Waals surface area contributed by atoms with Crippen LogP contribution in [0.1, 0.15) is 29.7 Å². The van der Waals surface area contributed by atoms with E-state index in [1.54, 1.807) is 0 Å². The van der Waals surface area contributed by atoms with E-state index < -0.39 is 0 Å². The van der Waals surface area contributed by atoms with Gasteiger partial charge < -0.3 is 14.7 Å². The summed E-state index contributed by atoms with van der Waals surface area (Å²) < 4.78 is 5.25. The van der Waals surface area contributed by atoms with Gasteiger partial charge in [-0.05, 0) is 45.2 Å². The van der Waals surface area contributed by atoms with Crippen molar-refractivity contribution in [1.29, 1.82) is 0 Å². The Bertz CT molecular complexity index is 997. The molecule has 1 aliphatic rings. The summed E-state index contributed by atoms with van der Waals surface area (Å²) >= 11 is 0. The first kappa shape index (κ1) is 17.5. The van der Waals surface area contributed by atoms with E-state index in [9.17, 15) is 4.79 Å². The Kier molecular flexibility index (Phi) is 4.51. The fraction of sp³-hybridized carbons (Fsp3) is 0.400. The van der Waals surface area contributed by atoms with Crippen LogP contribution >= 0.6 is 0 Å². The van der Waals surface area contributed by atoms with Crippen molar-refractivity contribution in [3.05, 3.63) is 41.3 Å². The molecule has 3 aromatic rings. The van der Waals surface area contributed by atoms with E-state index in [2.05, 4.69) is 31.4 Å². The molecule has 27 heavy (non-hydrogen) atoms. The quantitative estimate of drug-likeness (QED) is 0.766. The van der Waals surface area contributed by atoms with Crippen LogP contribution in [0.5, 0.6) is 0 Å². The Balaban J connectivity index is 1.54. The summed E-state index contributed by atoms with van der Waals surface area (Å²) in [6.45, 7) is 7.42. The number of amides is 1. The SMILES string of the molecule is Cc1ccc(NC(=O)[C@@H]2CCCN(c3ncnc4onc(C)c34)C2)c(C)c1. The molecule has 0 saturated carbocycles. The third-order valence-corrected chi connectivity index (χ3v) is 5.15. The topological polar surface area (TPSA) is 84.2 Å². The van der Waals surface area contributed by atoms with Crippen LogP contribution in [0.15, 0.2) is 29.0 Å². The highest BCUT2D eigenvalue weighted by Crippen LogP contribution is 2.30. The lowest BCUT2D eigenvalue weighted by molar-refractivity contribution is -0.120. The molecule has 0 radical (unpaired) electrons. The van der Waals surface area contributed by atoms with Gasteiger partial charge >= 0.3 is 0 Å². The molecule has 7 heteroatoms. The van der Waals surface area contributed by atoms with Crippen molar-refractivity contribution in [3.8, 4) is 0 Å². The zero-order valence-electron chi connectivity index (χ0n) is 15.8. The Labute approximate surface area is 157 Å². The minimum Gasteiger partial charge on any atom is -0.355 e. The van der Waals surface area contributed by atoms with Gasteiger partial charge in [0.15, 0.2) is 0 Å². The third-order valence-electron chi connectivity index (χ3n) is 5.15. The number of benzene rings is 1. The van der Waals surface area contributed by atoms with Crippen molar-refractivity contribution in [2.45, 2.75) is 33.6 Å². The van der Waals surface area contributed by atoms with Crippen LogP contribution in [0.2, 0.25) is 0 Å². The average molecular weight is 365 g/mol. The van der Waals surface area contributed by atoms with Gasteiger partial charge in [0.25, 0.3) is 5.71 Å². The van der Waals surface area contributed by atoms with E-state index in [0.29, 0.717) is 12.3 Å². The molecule has 1 fully saturated rings. The van der Waals surface area contributed by atoms with Gasteiger partial charge in [0.2, 0.25) is 5.91 Å². The predicted molar refractivity (Wildman–Crippen MR) is 104 cm³/mol. The van der Waals surface area contributed by atoms with E-state index in [0.717, 1.165) is 47.5 Å². The van der Waals surface area contributed by atoms with Crippen LogP contribution in [0.25, 0.3) is 11.1 Å². The molecule has 0 bridgehead atoms. The van der Waals surface area contributed by atoms with Gasteiger partial charge in [-0.3, -0.25) is 4.79 Å². The maximum absolute atomic E-state index is 12.9. The van der Waals surface area contributed by atoms with Gasteiger partial charge in [-0.2, -0.15) is 4.98 Å². The second-order valence-corrected chi connectivity index (χ2v) is 7.24. The molecule has 1 aromatic carbocycles. The van der Waals surface area contributed by atoms with E-state index in [1.807, 2.05) is 32.9 Å². The molecule has 1 atom stereocenters. The highest BCUT2D eigenvalue weighted by atomic mass is 16.5. The van der Waals surface area contributed by atoms with Crippen molar-refractivity contribution < 1.29 is 9.32 Å². The van der Waals surface area contributed by atoms with E-state index in [-0.39, 0.29) is 11.8 Å². The number of nitrogens with one attached hydrogen (secondary N) is 1. The van der Waals surface area contributed by atoms with E-state index >= 15 is 0 Å². The van der Waals surface area contributed by atoms with Crippen LogP contribution in [-0.4, -0.2) is 34.1 Å². The highest BCUT2D eigenvalue weighted by molar-refractivity contribution is 5.94. The number of aromatic nitrogens is 3. The van der Waals surface area contributed by atoms with Crippen LogP contribution in [0.4, 0.5) is 11.5 Å². The standard InChI is InChI=1S/C20H23N5O2/c1-12-6-7-16(13(2)9-12)23-19(26)15-5-4-8-25(10-15)18-17-14(3)24-27-20(17)22-11-21-18/h6-7,9,11,15H,4-5,8,10H2,1-3H3,(H,23,26)/t15-/m1/s1. The summed E-state index contributed by atoms with van der Waals surface area (Å²) in [7, 11) is 0. The van der Waals surface area contributed by atoms with Crippen LogP contribution in [-0.2, 0) is 4.79 Å². The van der Waals surface area contributed by atoms with E-state index in [1.165, 1.54) is 11.9 Å². The first-order chi connectivity index (χ1) is 13.0. The molecular formula is C20H23N5O2. The lowest BCUT2D eigenvalue weighted by atomic mass is 9.96. The fourth-order valence-electron chi connectivity index (χ4n) is 3.72. The first-order valence-electron chi connectivity index (χ1n) is 9.23. The summed E-state index contributed by atoms with van der Waals surface area (Å²) in [6.07, 6.45) is 3.28. The number of aryl methyl sites for hydroxylation is 3. The number of hydrogen-bond donors (Lipinski definition) is 1. The molecule has 140 valence electrons. The molecule has 0 unspecified atom stereocenters. The maximum atomic E-state index is 12.9. The van der Waals surface area contributed by atoms with Gasteiger partial charge in [-0.25, -0.2) is 4.98 Å². The largest absolute Gasteiger partial charge is 0.355 e. The summed E-state index contributed by atoms with van der Waals surface area (Å²) in [6, 6.07) is 6.06. The number of carbonyl (C=O) groups excluding carboxylic acids is 1. The van der Waals surface area contributed by atoms with Gasteiger partial charge in [-0.1, -0.05) is 22.9 Å². The second kappa shape index (κ2) is 6.98. The summed E-state index contributed by atoms with van der Waals surface area (Å²) in [5, 5.41) is 7.91. The number of carbonyl (C=O) groups is 1. The Morgan fingerprint density at radius 3 is 2.93 bits per heavy atom. The Hall–Kier alpha value is -2.96. The molecule has 4 rings (SSSR count). The number of hydrogen-bond acceptors (Lipinski definition) is 6. The van der Waals surface area contributed by atoms with Crippen LogP contribution in [0, 0.1) is 26.7 Å². The molecule has 1 aliphatic heterocycles. The lowest BCUT2D eigenvalue weighted by Crippen LogP contribution is -2.41. The minimum atomic E-state index is -0.0929. The van der Waals surface area contributed by atoms with Crippen molar-refractivity contribution in [2.24, 2.45) is 5.92 Å². The third kappa shape index (κ3) is 3.37. The van der Waals surface area contributed by atoms with Gasteiger partial charge in [-0.15, -0.1) is 0 Å². The molecule has 1 saturated heterocycles. The first-order valence-corrected chi connectivity index (χ1v) is 9.23. The molecule has 2 aromatic heterocycles.